The van der Waals surface area contributed by atoms with E-state index in [1.165, 1.54) is 10.2 Å². The number of aliphatic hydroxyl groups is 1. The zero-order chi connectivity index (χ0) is 27.5. The van der Waals surface area contributed by atoms with Crippen LogP contribution in [0.4, 0.5) is 0 Å². The van der Waals surface area contributed by atoms with Gasteiger partial charge >= 0.3 is 0 Å². The van der Waals surface area contributed by atoms with E-state index in [1.807, 2.05) is 72.8 Å². The molecular weight excluding hydrogens is 520 g/mol. The van der Waals surface area contributed by atoms with Gasteiger partial charge in [-0.3, -0.25) is 9.69 Å². The van der Waals surface area contributed by atoms with Crippen LogP contribution in [0.25, 0.3) is 22.0 Å². The molecular formula is C33H31ClN4O2. The number of hydrogen-bond acceptors (Lipinski definition) is 5. The van der Waals surface area contributed by atoms with Crippen molar-refractivity contribution in [2.45, 2.75) is 38.0 Å². The summed E-state index contributed by atoms with van der Waals surface area (Å²) >= 11 is 6.00. The normalized spacial score (nSPS) is 15.3. The van der Waals surface area contributed by atoms with Crippen LogP contribution in [-0.4, -0.2) is 38.1 Å². The number of benzene rings is 4. The SMILES string of the molecule is O=c1c2ccc(-c3ccc(Cl)cc3)cc2nnn1CCc1ccc(CN2CCC(O)(c3ccccc3)CC2)cc1. The summed E-state index contributed by atoms with van der Waals surface area (Å²) in [6.45, 7) is 3.04. The molecule has 0 unspecified atom stereocenters. The van der Waals surface area contributed by atoms with E-state index in [1.54, 1.807) is 0 Å². The molecule has 0 amide bonds. The third-order valence-corrected chi connectivity index (χ3v) is 8.19. The highest BCUT2D eigenvalue weighted by Gasteiger charge is 2.33. The van der Waals surface area contributed by atoms with Gasteiger partial charge in [0.15, 0.2) is 0 Å². The average Bonchev–Trinajstić information content (AvgIpc) is 2.99. The molecule has 6 nitrogen and oxygen atoms in total. The predicted octanol–water partition coefficient (Wildman–Crippen LogP) is 5.84. The van der Waals surface area contributed by atoms with Crippen LogP contribution in [0, 0.1) is 0 Å². The molecule has 0 spiro atoms. The summed E-state index contributed by atoms with van der Waals surface area (Å²) in [6.07, 6.45) is 2.16. The zero-order valence-corrected chi connectivity index (χ0v) is 23.0. The third kappa shape index (κ3) is 5.70. The number of rotatable bonds is 7. The Morgan fingerprint density at radius 2 is 1.50 bits per heavy atom. The van der Waals surface area contributed by atoms with Crippen LogP contribution in [0.15, 0.2) is 102 Å². The molecule has 1 aromatic heterocycles. The highest BCUT2D eigenvalue weighted by molar-refractivity contribution is 6.30. The maximum absolute atomic E-state index is 13.1. The van der Waals surface area contributed by atoms with Crippen LogP contribution in [0.5, 0.6) is 0 Å². The molecule has 1 fully saturated rings. The van der Waals surface area contributed by atoms with Gasteiger partial charge in [0.2, 0.25) is 0 Å². The van der Waals surface area contributed by atoms with Crippen LogP contribution in [0.2, 0.25) is 5.02 Å². The van der Waals surface area contributed by atoms with E-state index in [4.69, 9.17) is 11.6 Å². The minimum absolute atomic E-state index is 0.134. The monoisotopic (exact) mass is 550 g/mol. The Kier molecular flexibility index (Phi) is 7.48. The fraction of sp³-hybridized carbons (Fsp3) is 0.242. The van der Waals surface area contributed by atoms with Crippen molar-refractivity contribution >= 4 is 22.5 Å². The van der Waals surface area contributed by atoms with E-state index < -0.39 is 5.60 Å². The zero-order valence-electron chi connectivity index (χ0n) is 22.2. The highest BCUT2D eigenvalue weighted by Crippen LogP contribution is 2.33. The number of aryl methyl sites for hydroxylation is 2. The number of fused-ring (bicyclic) bond motifs is 1. The fourth-order valence-electron chi connectivity index (χ4n) is 5.47. The summed E-state index contributed by atoms with van der Waals surface area (Å²) in [5.74, 6) is 0. The first-order valence-corrected chi connectivity index (χ1v) is 14.1. The van der Waals surface area contributed by atoms with Gasteiger partial charge in [0.25, 0.3) is 5.56 Å². The molecule has 0 bridgehead atoms. The van der Waals surface area contributed by atoms with Crippen molar-refractivity contribution in [2.75, 3.05) is 13.1 Å². The summed E-state index contributed by atoms with van der Waals surface area (Å²) in [5, 5.41) is 20.9. The third-order valence-electron chi connectivity index (χ3n) is 7.94. The maximum atomic E-state index is 13.1. The first kappa shape index (κ1) is 26.4. The lowest BCUT2D eigenvalue weighted by Gasteiger charge is -2.38. The number of hydrogen-bond donors (Lipinski definition) is 1. The van der Waals surface area contributed by atoms with Crippen molar-refractivity contribution in [3.05, 3.63) is 129 Å². The Hall–Kier alpha value is -3.84. The molecule has 40 heavy (non-hydrogen) atoms. The van der Waals surface area contributed by atoms with Gasteiger partial charge in [0.1, 0.15) is 5.52 Å². The summed E-state index contributed by atoms with van der Waals surface area (Å²) in [4.78, 5) is 15.5. The number of nitrogens with zero attached hydrogens (tertiary/aromatic N) is 4. The second-order valence-electron chi connectivity index (χ2n) is 10.6. The molecule has 0 saturated carbocycles. The molecule has 1 aliphatic rings. The molecule has 0 radical (unpaired) electrons. The van der Waals surface area contributed by atoms with E-state index in [0.717, 1.165) is 54.7 Å². The average molecular weight is 551 g/mol. The van der Waals surface area contributed by atoms with Crippen molar-refractivity contribution in [1.29, 1.82) is 0 Å². The summed E-state index contributed by atoms with van der Waals surface area (Å²) < 4.78 is 1.44. The minimum Gasteiger partial charge on any atom is -0.385 e. The van der Waals surface area contributed by atoms with Crippen LogP contribution >= 0.6 is 11.6 Å². The maximum Gasteiger partial charge on any atom is 0.277 e. The molecule has 0 atom stereocenters. The molecule has 6 rings (SSSR count). The lowest BCUT2D eigenvalue weighted by molar-refractivity contribution is -0.0277. The van der Waals surface area contributed by atoms with E-state index in [-0.39, 0.29) is 5.56 Å². The van der Waals surface area contributed by atoms with Crippen molar-refractivity contribution < 1.29 is 5.11 Å². The van der Waals surface area contributed by atoms with Crippen LogP contribution in [-0.2, 0) is 25.1 Å². The summed E-state index contributed by atoms with van der Waals surface area (Å²) in [6, 6.07) is 31.8. The molecule has 5 aromatic rings. The van der Waals surface area contributed by atoms with E-state index in [2.05, 4.69) is 39.5 Å². The smallest absolute Gasteiger partial charge is 0.277 e. The molecule has 7 heteroatoms. The van der Waals surface area contributed by atoms with Crippen molar-refractivity contribution in [2.24, 2.45) is 0 Å². The van der Waals surface area contributed by atoms with Gasteiger partial charge in [0, 0.05) is 24.7 Å². The topological polar surface area (TPSA) is 71.2 Å². The van der Waals surface area contributed by atoms with Gasteiger partial charge in [-0.15, -0.1) is 5.10 Å². The van der Waals surface area contributed by atoms with Crippen molar-refractivity contribution in [1.82, 2.24) is 19.9 Å². The molecule has 1 saturated heterocycles. The first-order chi connectivity index (χ1) is 19.5. The summed E-state index contributed by atoms with van der Waals surface area (Å²) in [5.41, 5.74) is 5.09. The molecule has 202 valence electrons. The molecule has 1 N–H and O–H groups in total. The lowest BCUT2D eigenvalue weighted by atomic mass is 9.84. The van der Waals surface area contributed by atoms with Crippen LogP contribution in [0.1, 0.15) is 29.5 Å². The van der Waals surface area contributed by atoms with Crippen LogP contribution in [0.3, 0.4) is 0 Å². The highest BCUT2D eigenvalue weighted by atomic mass is 35.5. The minimum atomic E-state index is -0.732. The first-order valence-electron chi connectivity index (χ1n) is 13.7. The predicted molar refractivity (Wildman–Crippen MR) is 159 cm³/mol. The quantitative estimate of drug-likeness (QED) is 0.276. The van der Waals surface area contributed by atoms with Gasteiger partial charge in [-0.1, -0.05) is 89.6 Å². The second kappa shape index (κ2) is 11.3. The number of likely N-dealkylation sites (tertiary alicyclic amines) is 1. The number of piperidine rings is 1. The Labute approximate surface area is 238 Å². The lowest BCUT2D eigenvalue weighted by Crippen LogP contribution is -2.42. The molecule has 0 aliphatic carbocycles. The van der Waals surface area contributed by atoms with Crippen LogP contribution < -0.4 is 5.56 Å². The Bertz CT molecular complexity index is 1660. The fourth-order valence-corrected chi connectivity index (χ4v) is 5.59. The van der Waals surface area contributed by atoms with E-state index in [9.17, 15) is 9.90 Å². The van der Waals surface area contributed by atoms with Crippen molar-refractivity contribution in [3.63, 3.8) is 0 Å². The van der Waals surface area contributed by atoms with E-state index in [0.29, 0.717) is 28.9 Å². The van der Waals surface area contributed by atoms with E-state index >= 15 is 0 Å². The van der Waals surface area contributed by atoms with Gasteiger partial charge in [-0.25, -0.2) is 4.68 Å². The molecule has 2 heterocycles. The largest absolute Gasteiger partial charge is 0.385 e. The second-order valence-corrected chi connectivity index (χ2v) is 11.0. The summed E-state index contributed by atoms with van der Waals surface area (Å²) in [7, 11) is 0. The molecule has 4 aromatic carbocycles. The van der Waals surface area contributed by atoms with Gasteiger partial charge in [-0.05, 0) is 71.3 Å². The Morgan fingerprint density at radius 3 is 2.23 bits per heavy atom. The van der Waals surface area contributed by atoms with Crippen molar-refractivity contribution in [3.8, 4) is 11.1 Å². The standard InChI is InChI=1S/C33H31ClN4O2/c34-29-13-10-26(11-14-29)27-12-15-30-31(22-27)35-36-38(32(30)39)19-16-24-6-8-25(9-7-24)23-37-20-17-33(40,18-21-37)28-4-2-1-3-5-28/h1-15,22,40H,16-21,23H2. The Balaban J connectivity index is 1.06. The Morgan fingerprint density at radius 1 is 0.825 bits per heavy atom. The van der Waals surface area contributed by atoms with Gasteiger partial charge < -0.3 is 5.11 Å². The molecule has 1 aliphatic heterocycles. The van der Waals surface area contributed by atoms with Gasteiger partial charge in [0.05, 0.1) is 17.5 Å². The number of halogens is 1. The van der Waals surface area contributed by atoms with Gasteiger partial charge in [-0.2, -0.15) is 0 Å². The number of aromatic nitrogens is 3.